The van der Waals surface area contributed by atoms with Crippen LogP contribution in [-0.2, 0) is 20.8 Å². The number of nitrogens with zero attached hydrogens (tertiary/aromatic N) is 1. The van der Waals surface area contributed by atoms with Crippen LogP contribution in [0.3, 0.4) is 0 Å². The summed E-state index contributed by atoms with van der Waals surface area (Å²) in [6.45, 7) is 1.66. The van der Waals surface area contributed by atoms with Crippen molar-refractivity contribution in [3.63, 3.8) is 0 Å². The van der Waals surface area contributed by atoms with E-state index in [-0.39, 0.29) is 35.9 Å². The summed E-state index contributed by atoms with van der Waals surface area (Å²) in [5.41, 5.74) is 2.58. The minimum absolute atomic E-state index is 0. The number of aliphatic hydroxyl groups is 1. The first-order chi connectivity index (χ1) is 14.5. The van der Waals surface area contributed by atoms with E-state index in [9.17, 15) is 19.5 Å². The second-order valence-corrected chi connectivity index (χ2v) is 8.40. The molecule has 0 aromatic heterocycles. The molecule has 7 nitrogen and oxygen atoms in total. The molecule has 0 bridgehead atoms. The highest BCUT2D eigenvalue weighted by molar-refractivity contribution is 5.94. The van der Waals surface area contributed by atoms with Gasteiger partial charge in [-0.05, 0) is 63.1 Å². The SMILES string of the molecule is CN[C@@H](C)C(=O)N[C@@H](CO)C(=O)N1CCC[C@H]1C(=O)C[C@@H]1CCCc2ccccc21.Cl. The van der Waals surface area contributed by atoms with E-state index in [4.69, 9.17) is 0 Å². The van der Waals surface area contributed by atoms with Gasteiger partial charge in [0.1, 0.15) is 6.04 Å². The number of nitrogens with one attached hydrogen (secondary N) is 2. The Morgan fingerprint density at radius 2 is 1.94 bits per heavy atom. The maximum absolute atomic E-state index is 13.2. The number of carbonyl (C=O) groups is 3. The molecule has 1 aromatic carbocycles. The van der Waals surface area contributed by atoms with Crippen LogP contribution in [0.15, 0.2) is 24.3 Å². The van der Waals surface area contributed by atoms with Gasteiger partial charge >= 0.3 is 0 Å². The minimum atomic E-state index is -1.03. The fourth-order valence-corrected chi connectivity index (χ4v) is 4.62. The molecule has 8 heteroatoms. The smallest absolute Gasteiger partial charge is 0.248 e. The number of aryl methyl sites for hydroxylation is 1. The number of rotatable bonds is 8. The molecular weight excluding hydrogens is 418 g/mol. The van der Waals surface area contributed by atoms with Crippen LogP contribution in [0.25, 0.3) is 0 Å². The van der Waals surface area contributed by atoms with Gasteiger partial charge in [-0.25, -0.2) is 0 Å². The second kappa shape index (κ2) is 11.6. The van der Waals surface area contributed by atoms with Crippen LogP contribution < -0.4 is 10.6 Å². The Bertz CT molecular complexity index is 788. The maximum atomic E-state index is 13.2. The van der Waals surface area contributed by atoms with E-state index >= 15 is 0 Å². The summed E-state index contributed by atoms with van der Waals surface area (Å²) in [7, 11) is 1.65. The second-order valence-electron chi connectivity index (χ2n) is 8.40. The number of benzene rings is 1. The molecule has 0 saturated carbocycles. The van der Waals surface area contributed by atoms with Crippen LogP contribution in [0.4, 0.5) is 0 Å². The summed E-state index contributed by atoms with van der Waals surface area (Å²) in [5, 5.41) is 15.1. The zero-order valence-corrected chi connectivity index (χ0v) is 19.1. The molecule has 172 valence electrons. The number of amides is 2. The predicted molar refractivity (Wildman–Crippen MR) is 121 cm³/mol. The molecule has 1 aromatic rings. The molecule has 0 spiro atoms. The van der Waals surface area contributed by atoms with E-state index in [2.05, 4.69) is 22.8 Å². The van der Waals surface area contributed by atoms with E-state index in [0.717, 1.165) is 25.7 Å². The predicted octanol–water partition coefficient (Wildman–Crippen LogP) is 1.56. The number of hydrogen-bond donors (Lipinski definition) is 3. The number of fused-ring (bicyclic) bond motifs is 1. The molecule has 0 unspecified atom stereocenters. The topological polar surface area (TPSA) is 98.7 Å². The summed E-state index contributed by atoms with van der Waals surface area (Å²) in [4.78, 5) is 39.9. The first kappa shape index (κ1) is 25.3. The number of aliphatic hydroxyl groups excluding tert-OH is 1. The molecule has 31 heavy (non-hydrogen) atoms. The Balaban J connectivity index is 0.00000341. The first-order valence-electron chi connectivity index (χ1n) is 11.0. The van der Waals surface area contributed by atoms with Crippen molar-refractivity contribution >= 4 is 30.0 Å². The highest BCUT2D eigenvalue weighted by atomic mass is 35.5. The third-order valence-corrected chi connectivity index (χ3v) is 6.47. The van der Waals surface area contributed by atoms with Crippen molar-refractivity contribution in [1.82, 2.24) is 15.5 Å². The van der Waals surface area contributed by atoms with Crippen LogP contribution in [-0.4, -0.2) is 65.9 Å². The van der Waals surface area contributed by atoms with E-state index < -0.39 is 24.7 Å². The van der Waals surface area contributed by atoms with Crippen molar-refractivity contribution in [2.24, 2.45) is 0 Å². The molecule has 2 aliphatic rings. The van der Waals surface area contributed by atoms with Crippen LogP contribution in [0.1, 0.15) is 56.1 Å². The van der Waals surface area contributed by atoms with Gasteiger partial charge in [0.05, 0.1) is 18.7 Å². The highest BCUT2D eigenvalue weighted by Crippen LogP contribution is 2.35. The Labute approximate surface area is 190 Å². The van der Waals surface area contributed by atoms with Gasteiger partial charge in [-0.15, -0.1) is 12.4 Å². The molecule has 1 aliphatic carbocycles. The molecule has 3 rings (SSSR count). The zero-order valence-electron chi connectivity index (χ0n) is 18.3. The number of halogens is 1. The lowest BCUT2D eigenvalue weighted by Crippen LogP contribution is -2.55. The van der Waals surface area contributed by atoms with E-state index in [1.807, 2.05) is 12.1 Å². The zero-order chi connectivity index (χ0) is 21.7. The average Bonchev–Trinajstić information content (AvgIpc) is 3.26. The van der Waals surface area contributed by atoms with E-state index in [1.165, 1.54) is 11.1 Å². The van der Waals surface area contributed by atoms with Crippen LogP contribution >= 0.6 is 12.4 Å². The van der Waals surface area contributed by atoms with Crippen molar-refractivity contribution in [2.75, 3.05) is 20.2 Å². The lowest BCUT2D eigenvalue weighted by Gasteiger charge is -2.30. The van der Waals surface area contributed by atoms with Crippen molar-refractivity contribution in [3.8, 4) is 0 Å². The van der Waals surface area contributed by atoms with Gasteiger partial charge < -0.3 is 20.6 Å². The monoisotopic (exact) mass is 451 g/mol. The number of carbonyl (C=O) groups excluding carboxylic acids is 3. The Morgan fingerprint density at radius 1 is 1.19 bits per heavy atom. The minimum Gasteiger partial charge on any atom is -0.394 e. The van der Waals surface area contributed by atoms with Gasteiger partial charge in [-0.1, -0.05) is 24.3 Å². The van der Waals surface area contributed by atoms with Crippen molar-refractivity contribution in [2.45, 2.75) is 69.5 Å². The van der Waals surface area contributed by atoms with Crippen LogP contribution in [0.2, 0.25) is 0 Å². The van der Waals surface area contributed by atoms with Crippen LogP contribution in [0, 0.1) is 0 Å². The third kappa shape index (κ3) is 5.84. The number of ketones is 1. The normalized spacial score (nSPS) is 22.1. The van der Waals surface area contributed by atoms with Gasteiger partial charge in [0.2, 0.25) is 11.8 Å². The summed E-state index contributed by atoms with van der Waals surface area (Å²) >= 11 is 0. The molecule has 4 atom stereocenters. The molecule has 0 radical (unpaired) electrons. The quantitative estimate of drug-likeness (QED) is 0.557. The van der Waals surface area contributed by atoms with Crippen LogP contribution in [0.5, 0.6) is 0 Å². The van der Waals surface area contributed by atoms with Crippen molar-refractivity contribution < 1.29 is 19.5 Å². The van der Waals surface area contributed by atoms with Gasteiger partial charge in [-0.3, -0.25) is 14.4 Å². The number of likely N-dealkylation sites (N-methyl/N-ethyl adjacent to an activating group) is 1. The molecule has 1 heterocycles. The van der Waals surface area contributed by atoms with Gasteiger partial charge in [-0.2, -0.15) is 0 Å². The molecule has 1 aliphatic heterocycles. The highest BCUT2D eigenvalue weighted by Gasteiger charge is 2.38. The molecule has 1 fully saturated rings. The molecule has 3 N–H and O–H groups in total. The maximum Gasteiger partial charge on any atom is 0.248 e. The van der Waals surface area contributed by atoms with Crippen molar-refractivity contribution in [3.05, 3.63) is 35.4 Å². The molecular formula is C23H34ClN3O4. The summed E-state index contributed by atoms with van der Waals surface area (Å²) in [6, 6.07) is 6.33. The Kier molecular flexibility index (Phi) is 9.47. The van der Waals surface area contributed by atoms with E-state index in [1.54, 1.807) is 18.9 Å². The number of likely N-dealkylation sites (tertiary alicyclic amines) is 1. The summed E-state index contributed by atoms with van der Waals surface area (Å²) < 4.78 is 0. The summed E-state index contributed by atoms with van der Waals surface area (Å²) in [6.07, 6.45) is 4.93. The van der Waals surface area contributed by atoms with E-state index in [0.29, 0.717) is 19.4 Å². The summed E-state index contributed by atoms with van der Waals surface area (Å²) in [5.74, 6) is -0.459. The largest absolute Gasteiger partial charge is 0.394 e. The Hall–Kier alpha value is -1.96. The third-order valence-electron chi connectivity index (χ3n) is 6.47. The first-order valence-corrected chi connectivity index (χ1v) is 11.0. The number of hydrogen-bond acceptors (Lipinski definition) is 5. The lowest BCUT2D eigenvalue weighted by atomic mass is 9.79. The fourth-order valence-electron chi connectivity index (χ4n) is 4.62. The van der Waals surface area contributed by atoms with Gasteiger partial charge in [0, 0.05) is 13.0 Å². The Morgan fingerprint density at radius 3 is 2.65 bits per heavy atom. The average molecular weight is 452 g/mol. The fraction of sp³-hybridized carbons (Fsp3) is 0.609. The van der Waals surface area contributed by atoms with Crippen molar-refractivity contribution in [1.29, 1.82) is 0 Å². The van der Waals surface area contributed by atoms with Gasteiger partial charge in [0.25, 0.3) is 0 Å². The number of Topliss-reactive ketones (excluding diaryl/α,β-unsaturated/α-hetero) is 1. The van der Waals surface area contributed by atoms with Gasteiger partial charge in [0.15, 0.2) is 5.78 Å². The molecule has 1 saturated heterocycles. The standard InChI is InChI=1S/C23H33N3O4.ClH/c1-15(24-2)22(29)25-19(14-27)23(30)26-12-6-11-20(26)21(28)13-17-9-5-8-16-7-3-4-10-18(16)17;/h3-4,7,10,15,17,19-20,24,27H,5-6,8-9,11-14H2,1-2H3,(H,25,29);1H/t15-,17-,19-,20-;/m0./s1. The lowest BCUT2D eigenvalue weighted by molar-refractivity contribution is -0.142. The molecule has 2 amide bonds.